The van der Waals surface area contributed by atoms with Gasteiger partial charge in [0.05, 0.1) is 4.92 Å². The van der Waals surface area contributed by atoms with Gasteiger partial charge in [0.1, 0.15) is 6.04 Å². The number of nitro benzene ring substituents is 1. The monoisotopic (exact) mass is 345 g/mol. The number of carbonyl (C=O) groups is 2. The second kappa shape index (κ2) is 7.21. The summed E-state index contributed by atoms with van der Waals surface area (Å²) in [4.78, 5) is 37.4. The van der Waals surface area contributed by atoms with Crippen molar-refractivity contribution in [2.75, 3.05) is 6.54 Å². The van der Waals surface area contributed by atoms with Crippen LogP contribution in [0.3, 0.4) is 0 Å². The zero-order valence-electron chi connectivity index (χ0n) is 14.4. The minimum Gasteiger partial charge on any atom is -0.352 e. The van der Waals surface area contributed by atoms with Crippen molar-refractivity contribution in [3.05, 3.63) is 39.4 Å². The first kappa shape index (κ1) is 17.4. The largest absolute Gasteiger partial charge is 0.352 e. The Kier molecular flexibility index (Phi) is 5.01. The molecule has 1 aromatic rings. The second-order valence-corrected chi connectivity index (χ2v) is 6.90. The van der Waals surface area contributed by atoms with E-state index in [1.165, 1.54) is 18.2 Å². The van der Waals surface area contributed by atoms with E-state index in [9.17, 15) is 19.7 Å². The first-order chi connectivity index (χ1) is 12.0. The molecular formula is C18H23N3O4. The number of benzene rings is 1. The van der Waals surface area contributed by atoms with Crippen LogP contribution in [0, 0.1) is 17.0 Å². The molecule has 1 aromatic carbocycles. The summed E-state index contributed by atoms with van der Waals surface area (Å²) in [5, 5.41) is 14.0. The maximum atomic E-state index is 12.8. The van der Waals surface area contributed by atoms with Crippen LogP contribution in [0.2, 0.25) is 0 Å². The predicted octanol–water partition coefficient (Wildman–Crippen LogP) is 2.57. The zero-order valence-corrected chi connectivity index (χ0v) is 14.4. The van der Waals surface area contributed by atoms with Crippen molar-refractivity contribution in [3.63, 3.8) is 0 Å². The van der Waals surface area contributed by atoms with E-state index in [1.807, 2.05) is 0 Å². The average molecular weight is 345 g/mol. The first-order valence-electron chi connectivity index (χ1n) is 8.84. The van der Waals surface area contributed by atoms with Crippen LogP contribution in [0.5, 0.6) is 0 Å². The van der Waals surface area contributed by atoms with Crippen LogP contribution in [-0.4, -0.2) is 40.3 Å². The van der Waals surface area contributed by atoms with Gasteiger partial charge in [0.2, 0.25) is 5.91 Å². The Morgan fingerprint density at radius 2 is 1.92 bits per heavy atom. The van der Waals surface area contributed by atoms with Crippen LogP contribution in [0.4, 0.5) is 5.69 Å². The summed E-state index contributed by atoms with van der Waals surface area (Å²) in [6, 6.07) is 4.14. The summed E-state index contributed by atoms with van der Waals surface area (Å²) < 4.78 is 0. The van der Waals surface area contributed by atoms with E-state index in [4.69, 9.17) is 0 Å². The number of rotatable bonds is 4. The highest BCUT2D eigenvalue weighted by Crippen LogP contribution is 2.25. The summed E-state index contributed by atoms with van der Waals surface area (Å²) in [5.74, 6) is -0.307. The van der Waals surface area contributed by atoms with Crippen molar-refractivity contribution in [1.29, 1.82) is 0 Å². The van der Waals surface area contributed by atoms with Gasteiger partial charge in [-0.1, -0.05) is 12.8 Å². The van der Waals surface area contributed by atoms with Gasteiger partial charge < -0.3 is 10.2 Å². The molecule has 1 saturated heterocycles. The summed E-state index contributed by atoms with van der Waals surface area (Å²) in [6.07, 6.45) is 5.75. The molecule has 7 heteroatoms. The molecular weight excluding hydrogens is 322 g/mol. The first-order valence-corrected chi connectivity index (χ1v) is 8.84. The lowest BCUT2D eigenvalue weighted by Crippen LogP contribution is -2.48. The summed E-state index contributed by atoms with van der Waals surface area (Å²) in [5.41, 5.74) is 0.833. The molecule has 0 radical (unpaired) electrons. The van der Waals surface area contributed by atoms with E-state index in [0.29, 0.717) is 24.1 Å². The molecule has 1 aliphatic heterocycles. The molecule has 1 atom stereocenters. The number of amides is 2. The van der Waals surface area contributed by atoms with Gasteiger partial charge in [-0.15, -0.1) is 0 Å². The van der Waals surface area contributed by atoms with Gasteiger partial charge >= 0.3 is 0 Å². The molecule has 7 nitrogen and oxygen atoms in total. The number of nitro groups is 1. The number of nitrogens with zero attached hydrogens (tertiary/aromatic N) is 2. The Morgan fingerprint density at radius 3 is 2.56 bits per heavy atom. The van der Waals surface area contributed by atoms with Crippen molar-refractivity contribution < 1.29 is 14.5 Å². The Balaban J connectivity index is 1.73. The summed E-state index contributed by atoms with van der Waals surface area (Å²) >= 11 is 0. The molecule has 0 spiro atoms. The van der Waals surface area contributed by atoms with Crippen LogP contribution >= 0.6 is 0 Å². The third-order valence-corrected chi connectivity index (χ3v) is 5.16. The zero-order chi connectivity index (χ0) is 18.0. The highest BCUT2D eigenvalue weighted by molar-refractivity contribution is 5.98. The number of hydrogen-bond acceptors (Lipinski definition) is 4. The molecule has 1 heterocycles. The van der Waals surface area contributed by atoms with Gasteiger partial charge in [-0.2, -0.15) is 0 Å². The lowest BCUT2D eigenvalue weighted by Gasteiger charge is -2.25. The van der Waals surface area contributed by atoms with Gasteiger partial charge in [0, 0.05) is 29.8 Å². The van der Waals surface area contributed by atoms with Crippen LogP contribution in [0.15, 0.2) is 18.2 Å². The molecule has 0 aromatic heterocycles. The van der Waals surface area contributed by atoms with Gasteiger partial charge in [-0.3, -0.25) is 19.7 Å². The molecule has 2 fully saturated rings. The van der Waals surface area contributed by atoms with Gasteiger partial charge in [-0.25, -0.2) is 0 Å². The van der Waals surface area contributed by atoms with Crippen molar-refractivity contribution in [2.24, 2.45) is 0 Å². The van der Waals surface area contributed by atoms with Gasteiger partial charge in [-0.05, 0) is 44.7 Å². The lowest BCUT2D eigenvalue weighted by atomic mass is 10.1. The smallest absolute Gasteiger partial charge is 0.272 e. The van der Waals surface area contributed by atoms with Crippen LogP contribution in [0.25, 0.3) is 0 Å². The molecule has 134 valence electrons. The standard InChI is InChI=1S/C18H23N3O4/c1-12-11-13(8-9-15(12)21(24)25)18(23)20-10-4-7-16(20)17(22)19-14-5-2-3-6-14/h8-9,11,14,16H,2-7,10H2,1H3,(H,19,22). The number of likely N-dealkylation sites (tertiary alicyclic amines) is 1. The highest BCUT2D eigenvalue weighted by Gasteiger charge is 2.35. The number of nitrogens with one attached hydrogen (secondary N) is 1. The molecule has 0 bridgehead atoms. The van der Waals surface area contributed by atoms with E-state index in [2.05, 4.69) is 5.32 Å². The normalized spacial score (nSPS) is 20.7. The fourth-order valence-corrected chi connectivity index (χ4v) is 3.81. The Morgan fingerprint density at radius 1 is 1.20 bits per heavy atom. The third-order valence-electron chi connectivity index (χ3n) is 5.16. The fourth-order valence-electron chi connectivity index (χ4n) is 3.81. The molecule has 2 aliphatic rings. The second-order valence-electron chi connectivity index (χ2n) is 6.90. The van der Waals surface area contributed by atoms with Crippen LogP contribution in [-0.2, 0) is 4.79 Å². The van der Waals surface area contributed by atoms with Crippen molar-refractivity contribution in [1.82, 2.24) is 10.2 Å². The minimum atomic E-state index is -0.461. The molecule has 1 unspecified atom stereocenters. The number of carbonyl (C=O) groups excluding carboxylic acids is 2. The van der Waals surface area contributed by atoms with E-state index >= 15 is 0 Å². The molecule has 2 amide bonds. The SMILES string of the molecule is Cc1cc(C(=O)N2CCCC2C(=O)NC2CCCC2)ccc1[N+](=O)[O-]. The summed E-state index contributed by atoms with van der Waals surface area (Å²) in [6.45, 7) is 2.15. The lowest BCUT2D eigenvalue weighted by molar-refractivity contribution is -0.385. The van der Waals surface area contributed by atoms with Crippen LogP contribution < -0.4 is 5.32 Å². The average Bonchev–Trinajstić information content (AvgIpc) is 3.24. The summed E-state index contributed by atoms with van der Waals surface area (Å²) in [7, 11) is 0. The molecule has 1 aliphatic carbocycles. The maximum Gasteiger partial charge on any atom is 0.272 e. The van der Waals surface area contributed by atoms with Gasteiger partial charge in [0.25, 0.3) is 11.6 Å². The van der Waals surface area contributed by atoms with Gasteiger partial charge in [0.15, 0.2) is 0 Å². The Hall–Kier alpha value is -2.44. The topological polar surface area (TPSA) is 92.6 Å². The Bertz CT molecular complexity index is 698. The van der Waals surface area contributed by atoms with E-state index in [-0.39, 0.29) is 23.5 Å². The predicted molar refractivity (Wildman–Crippen MR) is 92.3 cm³/mol. The minimum absolute atomic E-state index is 0.00602. The van der Waals surface area contributed by atoms with E-state index in [1.54, 1.807) is 11.8 Å². The van der Waals surface area contributed by atoms with Crippen molar-refractivity contribution in [3.8, 4) is 0 Å². The molecule has 1 saturated carbocycles. The quantitative estimate of drug-likeness (QED) is 0.670. The number of aryl methyl sites for hydroxylation is 1. The highest BCUT2D eigenvalue weighted by atomic mass is 16.6. The van der Waals surface area contributed by atoms with E-state index in [0.717, 1.165) is 32.1 Å². The molecule has 3 rings (SSSR count). The van der Waals surface area contributed by atoms with Crippen molar-refractivity contribution in [2.45, 2.75) is 57.5 Å². The maximum absolute atomic E-state index is 12.8. The van der Waals surface area contributed by atoms with Crippen LogP contribution in [0.1, 0.15) is 54.4 Å². The molecule has 1 N–H and O–H groups in total. The fraction of sp³-hybridized carbons (Fsp3) is 0.556. The Labute approximate surface area is 146 Å². The molecule has 25 heavy (non-hydrogen) atoms. The van der Waals surface area contributed by atoms with E-state index < -0.39 is 11.0 Å². The number of hydrogen-bond donors (Lipinski definition) is 1. The third kappa shape index (κ3) is 3.65. The van der Waals surface area contributed by atoms with Crippen molar-refractivity contribution >= 4 is 17.5 Å².